The summed E-state index contributed by atoms with van der Waals surface area (Å²) in [6, 6.07) is 16.2. The predicted octanol–water partition coefficient (Wildman–Crippen LogP) is 5.03. The molecule has 23 heavy (non-hydrogen) atoms. The molecule has 1 heterocycles. The molecule has 0 radical (unpaired) electrons. The van der Waals surface area contributed by atoms with E-state index in [1.165, 1.54) is 12.1 Å². The van der Waals surface area contributed by atoms with Crippen LogP contribution in [0, 0.1) is 17.1 Å². The number of fused-ring (bicyclic) bond motifs is 1. The Bertz CT molecular complexity index is 924. The van der Waals surface area contributed by atoms with Crippen LogP contribution in [0.3, 0.4) is 0 Å². The summed E-state index contributed by atoms with van der Waals surface area (Å²) in [6.45, 7) is 4.48. The summed E-state index contributed by atoms with van der Waals surface area (Å²) in [5.41, 5.74) is 3.26. The highest BCUT2D eigenvalue weighted by Crippen LogP contribution is 2.26. The van der Waals surface area contributed by atoms with E-state index in [0.717, 1.165) is 16.5 Å². The molecule has 3 rings (SSSR count). The fourth-order valence-electron chi connectivity index (χ4n) is 2.65. The molecule has 2 aromatic carbocycles. The van der Waals surface area contributed by atoms with Crippen molar-refractivity contribution in [2.24, 2.45) is 0 Å². The Balaban J connectivity index is 2.13. The molecule has 0 saturated heterocycles. The summed E-state index contributed by atoms with van der Waals surface area (Å²) >= 11 is 0. The molecule has 0 N–H and O–H groups in total. The van der Waals surface area contributed by atoms with Crippen LogP contribution < -0.4 is 0 Å². The van der Waals surface area contributed by atoms with Crippen LogP contribution in [-0.4, -0.2) is 4.57 Å². The number of nitrogens with zero attached hydrogens (tertiary/aromatic N) is 2. The highest BCUT2D eigenvalue weighted by atomic mass is 19.1. The van der Waals surface area contributed by atoms with Gasteiger partial charge in [0, 0.05) is 29.2 Å². The minimum absolute atomic E-state index is 0.311. The first kappa shape index (κ1) is 14.8. The fourth-order valence-corrected chi connectivity index (χ4v) is 2.65. The molecule has 2 nitrogen and oxygen atoms in total. The lowest BCUT2D eigenvalue weighted by molar-refractivity contribution is 0.627. The second-order valence-electron chi connectivity index (χ2n) is 5.22. The lowest BCUT2D eigenvalue weighted by Crippen LogP contribution is -1.91. The van der Waals surface area contributed by atoms with Gasteiger partial charge in [-0.2, -0.15) is 5.26 Å². The molecule has 0 amide bonds. The van der Waals surface area contributed by atoms with Crippen LogP contribution in [0.4, 0.5) is 4.39 Å². The van der Waals surface area contributed by atoms with Crippen molar-refractivity contribution in [1.29, 1.82) is 5.26 Å². The zero-order valence-electron chi connectivity index (χ0n) is 12.5. The number of hydrogen-bond donors (Lipinski definition) is 0. The molecule has 0 atom stereocenters. The Labute approximate surface area is 134 Å². The van der Waals surface area contributed by atoms with Crippen LogP contribution in [0.15, 0.2) is 67.4 Å². The molecule has 3 heteroatoms. The van der Waals surface area contributed by atoms with E-state index in [-0.39, 0.29) is 5.82 Å². The largest absolute Gasteiger partial charge is 0.343 e. The number of benzene rings is 2. The first-order valence-corrected chi connectivity index (χ1v) is 7.29. The molecule has 0 unspecified atom stereocenters. The quantitative estimate of drug-likeness (QED) is 0.491. The summed E-state index contributed by atoms with van der Waals surface area (Å²) < 4.78 is 15.2. The van der Waals surface area contributed by atoms with Gasteiger partial charge in [-0.15, -0.1) is 6.58 Å². The Kier molecular flexibility index (Phi) is 4.07. The summed E-state index contributed by atoms with van der Waals surface area (Å²) in [4.78, 5) is 0. The average molecular weight is 302 g/mol. The monoisotopic (exact) mass is 302 g/mol. The Morgan fingerprint density at radius 1 is 1.17 bits per heavy atom. The first-order valence-electron chi connectivity index (χ1n) is 7.29. The number of rotatable bonds is 4. The molecule has 0 spiro atoms. The van der Waals surface area contributed by atoms with Crippen molar-refractivity contribution in [2.45, 2.75) is 6.54 Å². The van der Waals surface area contributed by atoms with Gasteiger partial charge < -0.3 is 4.57 Å². The lowest BCUT2D eigenvalue weighted by Gasteiger charge is -1.99. The van der Waals surface area contributed by atoms with Crippen molar-refractivity contribution >= 4 is 22.6 Å². The van der Waals surface area contributed by atoms with Gasteiger partial charge in [0.1, 0.15) is 5.82 Å². The van der Waals surface area contributed by atoms with Gasteiger partial charge in [-0.1, -0.05) is 36.4 Å². The van der Waals surface area contributed by atoms with Crippen molar-refractivity contribution in [3.05, 3.63) is 84.3 Å². The molecule has 0 fully saturated rings. The van der Waals surface area contributed by atoms with Crippen LogP contribution in [-0.2, 0) is 6.54 Å². The first-order chi connectivity index (χ1) is 11.2. The van der Waals surface area contributed by atoms with Gasteiger partial charge in [-0.3, -0.25) is 0 Å². The third kappa shape index (κ3) is 2.93. The Morgan fingerprint density at radius 3 is 2.61 bits per heavy atom. The van der Waals surface area contributed by atoms with E-state index < -0.39 is 0 Å². The number of hydrogen-bond acceptors (Lipinski definition) is 1. The maximum absolute atomic E-state index is 13.1. The molecule has 3 aromatic rings. The highest BCUT2D eigenvalue weighted by molar-refractivity contribution is 5.98. The third-order valence-electron chi connectivity index (χ3n) is 3.72. The van der Waals surface area contributed by atoms with Crippen LogP contribution in [0.25, 0.3) is 22.6 Å². The van der Waals surface area contributed by atoms with Gasteiger partial charge in [-0.25, -0.2) is 4.39 Å². The molecule has 0 bridgehead atoms. The highest BCUT2D eigenvalue weighted by Gasteiger charge is 2.08. The van der Waals surface area contributed by atoms with Crippen LogP contribution >= 0.6 is 0 Å². The van der Waals surface area contributed by atoms with Crippen LogP contribution in [0.2, 0.25) is 0 Å². The van der Waals surface area contributed by atoms with Gasteiger partial charge in [0.2, 0.25) is 0 Å². The number of halogens is 1. The SMILES string of the molecule is C=CCn1cc(C=C(C#N)c2ccc(F)cc2)c2ccccc21. The number of nitriles is 1. The van der Waals surface area contributed by atoms with Crippen molar-refractivity contribution in [2.75, 3.05) is 0 Å². The fraction of sp³-hybridized carbons (Fsp3) is 0.0500. The van der Waals surface area contributed by atoms with Gasteiger partial charge in [-0.05, 0) is 29.8 Å². The summed E-state index contributed by atoms with van der Waals surface area (Å²) in [5, 5.41) is 10.5. The van der Waals surface area contributed by atoms with E-state index in [2.05, 4.69) is 17.2 Å². The Morgan fingerprint density at radius 2 is 1.91 bits per heavy atom. The van der Waals surface area contributed by atoms with Gasteiger partial charge in [0.15, 0.2) is 0 Å². The van der Waals surface area contributed by atoms with Gasteiger partial charge >= 0.3 is 0 Å². The molecular formula is C20H15FN2. The minimum atomic E-state index is -0.311. The smallest absolute Gasteiger partial charge is 0.123 e. The van der Waals surface area contributed by atoms with Crippen molar-refractivity contribution in [3.8, 4) is 6.07 Å². The second kappa shape index (κ2) is 6.33. The molecule has 112 valence electrons. The molecule has 0 aliphatic rings. The third-order valence-corrected chi connectivity index (χ3v) is 3.72. The molecular weight excluding hydrogens is 287 g/mol. The second-order valence-corrected chi connectivity index (χ2v) is 5.22. The van der Waals surface area contributed by atoms with Crippen molar-refractivity contribution in [3.63, 3.8) is 0 Å². The maximum atomic E-state index is 13.1. The lowest BCUT2D eigenvalue weighted by atomic mass is 10.0. The average Bonchev–Trinajstić information content (AvgIpc) is 2.92. The molecule has 0 aliphatic heterocycles. The van der Waals surface area contributed by atoms with Crippen molar-refractivity contribution in [1.82, 2.24) is 4.57 Å². The summed E-state index contributed by atoms with van der Waals surface area (Å²) in [7, 11) is 0. The van der Waals surface area contributed by atoms with E-state index in [4.69, 9.17) is 0 Å². The molecule has 0 aliphatic carbocycles. The normalized spacial score (nSPS) is 11.4. The predicted molar refractivity (Wildman–Crippen MR) is 92.0 cm³/mol. The maximum Gasteiger partial charge on any atom is 0.123 e. The summed E-state index contributed by atoms with van der Waals surface area (Å²) in [6.07, 6.45) is 5.69. The zero-order chi connectivity index (χ0) is 16.2. The summed E-state index contributed by atoms with van der Waals surface area (Å²) in [5.74, 6) is -0.311. The van der Waals surface area contributed by atoms with E-state index in [1.54, 1.807) is 12.1 Å². The van der Waals surface area contributed by atoms with E-state index >= 15 is 0 Å². The van der Waals surface area contributed by atoms with Gasteiger partial charge in [0.05, 0.1) is 11.6 Å². The van der Waals surface area contributed by atoms with Crippen LogP contribution in [0.1, 0.15) is 11.1 Å². The molecule has 1 aromatic heterocycles. The van der Waals surface area contributed by atoms with Crippen LogP contribution in [0.5, 0.6) is 0 Å². The van der Waals surface area contributed by atoms with Crippen molar-refractivity contribution < 1.29 is 4.39 Å². The molecule has 0 saturated carbocycles. The Hall–Kier alpha value is -3.12. The topological polar surface area (TPSA) is 28.7 Å². The minimum Gasteiger partial charge on any atom is -0.343 e. The number of allylic oxidation sites excluding steroid dienone is 2. The van der Waals surface area contributed by atoms with E-state index in [0.29, 0.717) is 17.7 Å². The number of aromatic nitrogens is 1. The standard InChI is InChI=1S/C20H15FN2/c1-2-11-23-14-17(19-5-3-4-6-20(19)23)12-16(13-22)15-7-9-18(21)10-8-15/h2-10,12,14H,1,11H2. The zero-order valence-corrected chi connectivity index (χ0v) is 12.5. The van der Waals surface area contributed by atoms with E-state index in [1.807, 2.05) is 42.6 Å². The van der Waals surface area contributed by atoms with E-state index in [9.17, 15) is 9.65 Å². The number of para-hydroxylation sites is 1. The van der Waals surface area contributed by atoms with Gasteiger partial charge in [0.25, 0.3) is 0 Å².